The molecule has 9 heteroatoms. The Hall–Kier alpha value is -1.39. The van der Waals surface area contributed by atoms with Gasteiger partial charge in [0.25, 0.3) is 0 Å². The number of unbranched alkanes of at least 4 members (excludes halogenated alkanes) is 4. The van der Waals surface area contributed by atoms with Crippen molar-refractivity contribution in [2.75, 3.05) is 26.2 Å². The molecule has 1 aromatic heterocycles. The molecule has 38 heavy (non-hydrogen) atoms. The second kappa shape index (κ2) is 16.7. The van der Waals surface area contributed by atoms with Crippen LogP contribution in [0.3, 0.4) is 0 Å². The van der Waals surface area contributed by atoms with E-state index in [1.54, 1.807) is 6.07 Å². The highest BCUT2D eigenvalue weighted by atomic mass is 79.9. The predicted octanol–water partition coefficient (Wildman–Crippen LogP) is 6.51. The predicted molar refractivity (Wildman–Crippen MR) is 170 cm³/mol. The zero-order chi connectivity index (χ0) is 25.3. The van der Waals surface area contributed by atoms with Crippen LogP contribution in [0, 0.1) is 0 Å². The average Bonchev–Trinajstić information content (AvgIpc) is 3.25. The van der Waals surface area contributed by atoms with E-state index in [0.717, 1.165) is 74.1 Å². The van der Waals surface area contributed by atoms with Crippen LogP contribution in [0.15, 0.2) is 35.1 Å². The van der Waals surface area contributed by atoms with Gasteiger partial charge >= 0.3 is 4.87 Å². The Labute approximate surface area is 251 Å². The Morgan fingerprint density at radius 3 is 2.63 bits per heavy atom. The molecule has 0 unspecified atom stereocenters. The lowest BCUT2D eigenvalue weighted by Crippen LogP contribution is -2.40. The molecule has 0 bridgehead atoms. The van der Waals surface area contributed by atoms with Crippen LogP contribution in [0.5, 0.6) is 11.5 Å². The molecule has 1 heterocycles. The van der Waals surface area contributed by atoms with Crippen LogP contribution in [0.2, 0.25) is 0 Å². The summed E-state index contributed by atoms with van der Waals surface area (Å²) in [6.07, 6.45) is 11.3. The molecule has 0 fully saturated rings. The third kappa shape index (κ3) is 9.08. The van der Waals surface area contributed by atoms with E-state index in [1.165, 1.54) is 54.6 Å². The van der Waals surface area contributed by atoms with Crippen molar-refractivity contribution in [3.05, 3.63) is 56.7 Å². The van der Waals surface area contributed by atoms with Crippen LogP contribution in [-0.2, 0) is 19.3 Å². The quantitative estimate of drug-likeness (QED) is 0.116. The molecule has 1 atom stereocenters. The summed E-state index contributed by atoms with van der Waals surface area (Å²) in [6, 6.07) is 10.4. The van der Waals surface area contributed by atoms with Crippen molar-refractivity contribution < 1.29 is 10.2 Å². The molecule has 1 aliphatic rings. The van der Waals surface area contributed by atoms with Crippen molar-refractivity contribution in [1.82, 2.24) is 15.2 Å². The summed E-state index contributed by atoms with van der Waals surface area (Å²) in [6.45, 7) is 6.56. The summed E-state index contributed by atoms with van der Waals surface area (Å²) in [5, 5.41) is 23.5. The lowest BCUT2D eigenvalue weighted by Gasteiger charge is -2.35. The van der Waals surface area contributed by atoms with E-state index in [-0.39, 0.29) is 50.3 Å². The Morgan fingerprint density at radius 2 is 1.82 bits per heavy atom. The summed E-state index contributed by atoms with van der Waals surface area (Å²) in [7, 11) is 0. The van der Waals surface area contributed by atoms with Crippen LogP contribution in [-0.4, -0.2) is 52.3 Å². The van der Waals surface area contributed by atoms with Crippen LogP contribution in [0.1, 0.15) is 68.6 Å². The number of aromatic nitrogens is 1. The number of thiazole rings is 1. The maximum Gasteiger partial charge on any atom is 0.305 e. The molecule has 4 rings (SSSR count). The number of aromatic hydroxyl groups is 2. The minimum atomic E-state index is 0. The fourth-order valence-electron chi connectivity index (χ4n) is 5.48. The topological polar surface area (TPSA) is 88.6 Å². The highest BCUT2D eigenvalue weighted by Crippen LogP contribution is 2.36. The number of H-pyrrole nitrogens is 1. The number of benzene rings is 2. The molecule has 1 aliphatic carbocycles. The number of nitrogens with zero attached hydrogens (tertiary/aromatic N) is 1. The number of nitrogens with one attached hydrogen (secondary N) is 2. The number of hydrogen-bond acceptors (Lipinski definition) is 6. The number of hydrogen-bond donors (Lipinski definition) is 4. The van der Waals surface area contributed by atoms with Crippen LogP contribution >= 0.6 is 45.3 Å². The minimum Gasteiger partial charge on any atom is -0.504 e. The summed E-state index contributed by atoms with van der Waals surface area (Å²) in [5.41, 5.74) is 4.34. The van der Waals surface area contributed by atoms with Crippen molar-refractivity contribution >= 4 is 55.5 Å². The SMILES string of the molecule is Br.Br.CCCN(CCCCCCCNCCc1ccc2[nH]c(=O)sc2c1)[C@H]1CCc2c(ccc(O)c2O)C1. The van der Waals surface area contributed by atoms with Gasteiger partial charge in [-0.2, -0.15) is 0 Å². The van der Waals surface area contributed by atoms with E-state index < -0.39 is 0 Å². The summed E-state index contributed by atoms with van der Waals surface area (Å²) in [4.78, 5) is 17.0. The van der Waals surface area contributed by atoms with Gasteiger partial charge < -0.3 is 25.4 Å². The van der Waals surface area contributed by atoms with Gasteiger partial charge in [-0.05, 0) is 100 Å². The van der Waals surface area contributed by atoms with Gasteiger partial charge in [0.05, 0.1) is 10.2 Å². The van der Waals surface area contributed by atoms with Gasteiger partial charge in [-0.1, -0.05) is 49.7 Å². The van der Waals surface area contributed by atoms with Crippen molar-refractivity contribution in [2.24, 2.45) is 0 Å². The normalized spacial score (nSPS) is 14.7. The molecular formula is C29H43Br2N3O3S. The second-order valence-corrected chi connectivity index (χ2v) is 11.1. The van der Waals surface area contributed by atoms with Gasteiger partial charge in [-0.3, -0.25) is 4.79 Å². The molecule has 0 saturated carbocycles. The monoisotopic (exact) mass is 671 g/mol. The van der Waals surface area contributed by atoms with Crippen molar-refractivity contribution in [2.45, 2.75) is 77.2 Å². The lowest BCUT2D eigenvalue weighted by molar-refractivity contribution is 0.175. The first-order chi connectivity index (χ1) is 17.5. The van der Waals surface area contributed by atoms with Crippen molar-refractivity contribution in [1.29, 1.82) is 0 Å². The Kier molecular flexibility index (Phi) is 14.4. The summed E-state index contributed by atoms with van der Waals surface area (Å²) < 4.78 is 1.04. The van der Waals surface area contributed by atoms with Crippen molar-refractivity contribution in [3.63, 3.8) is 0 Å². The van der Waals surface area contributed by atoms with Crippen LogP contribution < -0.4 is 10.2 Å². The number of fused-ring (bicyclic) bond motifs is 2. The molecule has 0 aliphatic heterocycles. The van der Waals surface area contributed by atoms with Gasteiger partial charge in [0.15, 0.2) is 11.5 Å². The fourth-order valence-corrected chi connectivity index (χ4v) is 6.28. The van der Waals surface area contributed by atoms with E-state index in [0.29, 0.717) is 6.04 Å². The molecule has 0 spiro atoms. The highest BCUT2D eigenvalue weighted by molar-refractivity contribution is 8.93. The molecule has 4 N–H and O–H groups in total. The average molecular weight is 674 g/mol. The van der Waals surface area contributed by atoms with Crippen LogP contribution in [0.4, 0.5) is 0 Å². The summed E-state index contributed by atoms with van der Waals surface area (Å²) >= 11 is 1.28. The van der Waals surface area contributed by atoms with E-state index >= 15 is 0 Å². The number of phenolic OH excluding ortho intramolecular Hbond substituents is 2. The zero-order valence-electron chi connectivity index (χ0n) is 22.3. The number of phenols is 2. The molecule has 0 amide bonds. The molecule has 2 aromatic carbocycles. The lowest BCUT2D eigenvalue weighted by atomic mass is 9.86. The molecule has 212 valence electrons. The first-order valence-corrected chi connectivity index (χ1v) is 14.5. The van der Waals surface area contributed by atoms with E-state index in [1.807, 2.05) is 12.1 Å². The van der Waals surface area contributed by atoms with E-state index in [4.69, 9.17) is 0 Å². The molecule has 0 saturated heterocycles. The number of aromatic amines is 1. The second-order valence-electron chi connectivity index (χ2n) is 10.1. The standard InChI is InChI=1S/C29H41N3O3S.2BrH/c1-2-17-32(23-10-11-24-22(20-23)9-13-26(33)28(24)34)18-7-5-3-4-6-15-30-16-14-21-8-12-25-27(19-21)36-29(35)31-25;;/h8-9,12-13,19,23,30,33-34H,2-7,10-11,14-18,20H2,1H3,(H,31,35);2*1H/t23-;;/m0../s1. The van der Waals surface area contributed by atoms with Gasteiger partial charge in [0.1, 0.15) is 0 Å². The Balaban J connectivity index is 0.00000253. The maximum absolute atomic E-state index is 11.5. The van der Waals surface area contributed by atoms with Crippen LogP contribution in [0.25, 0.3) is 10.2 Å². The molecule has 6 nitrogen and oxygen atoms in total. The first-order valence-electron chi connectivity index (χ1n) is 13.6. The maximum atomic E-state index is 11.5. The van der Waals surface area contributed by atoms with E-state index in [9.17, 15) is 15.0 Å². The third-order valence-corrected chi connectivity index (χ3v) is 8.29. The minimum absolute atomic E-state index is 0. The molecular weight excluding hydrogens is 630 g/mol. The van der Waals surface area contributed by atoms with Gasteiger partial charge in [-0.25, -0.2) is 0 Å². The zero-order valence-corrected chi connectivity index (χ0v) is 26.6. The van der Waals surface area contributed by atoms with Gasteiger partial charge in [0, 0.05) is 11.6 Å². The van der Waals surface area contributed by atoms with E-state index in [2.05, 4.69) is 34.3 Å². The highest BCUT2D eigenvalue weighted by Gasteiger charge is 2.26. The van der Waals surface area contributed by atoms with Gasteiger partial charge in [-0.15, -0.1) is 34.0 Å². The molecule has 0 radical (unpaired) electrons. The molecule has 3 aromatic rings. The number of halogens is 2. The smallest absolute Gasteiger partial charge is 0.305 e. The Bertz CT molecular complexity index is 1180. The third-order valence-electron chi connectivity index (χ3n) is 7.44. The van der Waals surface area contributed by atoms with Gasteiger partial charge in [0.2, 0.25) is 0 Å². The Morgan fingerprint density at radius 1 is 1.03 bits per heavy atom. The van der Waals surface area contributed by atoms with Crippen molar-refractivity contribution in [3.8, 4) is 11.5 Å². The fraction of sp³-hybridized carbons (Fsp3) is 0.552. The first kappa shape index (κ1) is 32.8. The largest absolute Gasteiger partial charge is 0.504 e. The summed E-state index contributed by atoms with van der Waals surface area (Å²) in [5.74, 6) is 0.0858. The number of rotatable bonds is 14.